The summed E-state index contributed by atoms with van der Waals surface area (Å²) in [5.41, 5.74) is 1.38. The van der Waals surface area contributed by atoms with Gasteiger partial charge in [0.05, 0.1) is 18.1 Å². The van der Waals surface area contributed by atoms with E-state index < -0.39 is 4.92 Å². The molecule has 0 aromatic heterocycles. The number of anilines is 1. The molecule has 1 saturated heterocycles. The Balaban J connectivity index is 1.56. The molecular formula is C21H21ClN4O4S. The number of hydrogen-bond acceptors (Lipinski definition) is 6. The highest BCUT2D eigenvalue weighted by atomic mass is 35.5. The molecule has 0 radical (unpaired) electrons. The van der Waals surface area contributed by atoms with Crippen molar-refractivity contribution in [1.82, 2.24) is 10.2 Å². The smallest absolute Gasteiger partial charge is 0.296 e. The molecule has 1 aliphatic heterocycles. The number of nitrogens with zero attached hydrogens (tertiary/aromatic N) is 3. The van der Waals surface area contributed by atoms with Gasteiger partial charge in [0.25, 0.3) is 5.69 Å². The van der Waals surface area contributed by atoms with E-state index in [2.05, 4.69) is 5.32 Å². The number of amides is 1. The lowest BCUT2D eigenvalue weighted by Gasteiger charge is -2.36. The van der Waals surface area contributed by atoms with E-state index >= 15 is 0 Å². The average Bonchev–Trinajstić information content (AvgIpc) is 2.78. The van der Waals surface area contributed by atoms with Crippen LogP contribution in [0.4, 0.5) is 11.4 Å². The molecule has 10 heteroatoms. The largest absolute Gasteiger partial charge is 0.496 e. The lowest BCUT2D eigenvalue weighted by atomic mass is 10.2. The zero-order valence-electron chi connectivity index (χ0n) is 16.8. The van der Waals surface area contributed by atoms with Crippen LogP contribution in [-0.2, 0) is 4.79 Å². The molecule has 0 spiro atoms. The number of piperazine rings is 1. The maximum absolute atomic E-state index is 12.2. The molecule has 1 N–H and O–H groups in total. The quantitative estimate of drug-likeness (QED) is 0.316. The Morgan fingerprint density at radius 1 is 1.19 bits per heavy atom. The Morgan fingerprint density at radius 2 is 1.87 bits per heavy atom. The summed E-state index contributed by atoms with van der Waals surface area (Å²) in [5, 5.41) is 15.1. The molecule has 1 aliphatic rings. The standard InChI is InChI=1S/C21H21ClN4O4S/c1-30-17-7-8-18(19(14-17)26(28)29)24-10-12-25(13-11-24)21(31)23-20(27)9-4-15-2-5-16(22)6-3-15/h2-9,14H,10-13H2,1H3,(H,23,27,31)/b9-4+. The van der Waals surface area contributed by atoms with Crippen LogP contribution in [0.5, 0.6) is 5.75 Å². The number of rotatable bonds is 5. The topological polar surface area (TPSA) is 88.0 Å². The minimum absolute atomic E-state index is 0.00369. The molecule has 0 aliphatic carbocycles. The van der Waals surface area contributed by atoms with E-state index in [1.165, 1.54) is 19.3 Å². The predicted octanol–water partition coefficient (Wildman–Crippen LogP) is 3.49. The van der Waals surface area contributed by atoms with Crippen molar-refractivity contribution < 1.29 is 14.5 Å². The van der Waals surface area contributed by atoms with Crippen molar-refractivity contribution in [1.29, 1.82) is 0 Å². The maximum atomic E-state index is 12.2. The summed E-state index contributed by atoms with van der Waals surface area (Å²) < 4.78 is 5.09. The van der Waals surface area contributed by atoms with Crippen molar-refractivity contribution in [2.75, 3.05) is 38.2 Å². The molecular weight excluding hydrogens is 440 g/mol. The third-order valence-electron chi connectivity index (χ3n) is 4.81. The summed E-state index contributed by atoms with van der Waals surface area (Å²) in [4.78, 5) is 27.0. The van der Waals surface area contributed by atoms with Gasteiger partial charge in [-0.3, -0.25) is 20.2 Å². The van der Waals surface area contributed by atoms with E-state index in [1.807, 2.05) is 21.9 Å². The Hall–Kier alpha value is -3.17. The van der Waals surface area contributed by atoms with Crippen molar-refractivity contribution in [3.05, 3.63) is 69.2 Å². The fourth-order valence-electron chi connectivity index (χ4n) is 3.17. The van der Waals surface area contributed by atoms with Crippen LogP contribution < -0.4 is 15.0 Å². The van der Waals surface area contributed by atoms with Gasteiger partial charge >= 0.3 is 0 Å². The molecule has 8 nitrogen and oxygen atoms in total. The molecule has 1 fully saturated rings. The third kappa shape index (κ3) is 5.93. The average molecular weight is 461 g/mol. The normalized spacial score (nSPS) is 13.9. The molecule has 0 bridgehead atoms. The zero-order chi connectivity index (χ0) is 22.4. The van der Waals surface area contributed by atoms with Crippen LogP contribution in [-0.4, -0.2) is 54.1 Å². The number of carbonyl (C=O) groups is 1. The molecule has 162 valence electrons. The number of nitro groups is 1. The van der Waals surface area contributed by atoms with E-state index in [9.17, 15) is 14.9 Å². The SMILES string of the molecule is COc1ccc(N2CCN(C(=S)NC(=O)/C=C/c3ccc(Cl)cc3)CC2)c([N+](=O)[O-])c1. The number of nitrogens with one attached hydrogen (secondary N) is 1. The van der Waals surface area contributed by atoms with Gasteiger partial charge in [0, 0.05) is 37.3 Å². The Bertz CT molecular complexity index is 1000. The first-order valence-electron chi connectivity index (χ1n) is 9.48. The highest BCUT2D eigenvalue weighted by molar-refractivity contribution is 7.80. The van der Waals surface area contributed by atoms with Crippen molar-refractivity contribution >= 4 is 52.3 Å². The van der Waals surface area contributed by atoms with E-state index in [0.29, 0.717) is 47.8 Å². The number of hydrogen-bond donors (Lipinski definition) is 1. The van der Waals surface area contributed by atoms with Crippen LogP contribution in [0, 0.1) is 10.1 Å². The third-order valence-corrected chi connectivity index (χ3v) is 5.43. The molecule has 2 aromatic carbocycles. The number of methoxy groups -OCH3 is 1. The number of thiocarbonyl (C=S) groups is 1. The summed E-state index contributed by atoms with van der Waals surface area (Å²) in [7, 11) is 1.47. The summed E-state index contributed by atoms with van der Waals surface area (Å²) in [6.07, 6.45) is 3.08. The predicted molar refractivity (Wildman–Crippen MR) is 125 cm³/mol. The van der Waals surface area contributed by atoms with Gasteiger partial charge in [-0.05, 0) is 48.1 Å². The zero-order valence-corrected chi connectivity index (χ0v) is 18.4. The van der Waals surface area contributed by atoms with Gasteiger partial charge in [0.1, 0.15) is 11.4 Å². The van der Waals surface area contributed by atoms with Crippen molar-refractivity contribution in [3.63, 3.8) is 0 Å². The van der Waals surface area contributed by atoms with Crippen molar-refractivity contribution in [3.8, 4) is 5.75 Å². The van der Waals surface area contributed by atoms with Gasteiger partial charge in [0.2, 0.25) is 5.91 Å². The lowest BCUT2D eigenvalue weighted by Crippen LogP contribution is -2.52. The van der Waals surface area contributed by atoms with Gasteiger partial charge in [0.15, 0.2) is 5.11 Å². The van der Waals surface area contributed by atoms with Crippen LogP contribution in [0.1, 0.15) is 5.56 Å². The molecule has 1 amide bonds. The maximum Gasteiger partial charge on any atom is 0.296 e. The first-order valence-corrected chi connectivity index (χ1v) is 10.3. The van der Waals surface area contributed by atoms with E-state index in [0.717, 1.165) is 5.56 Å². The number of ether oxygens (including phenoxy) is 1. The second kappa shape index (κ2) is 10.2. The Kier molecular flexibility index (Phi) is 7.43. The Morgan fingerprint density at radius 3 is 2.48 bits per heavy atom. The number of benzene rings is 2. The van der Waals surface area contributed by atoms with E-state index in [-0.39, 0.29) is 11.6 Å². The molecule has 2 aromatic rings. The van der Waals surface area contributed by atoms with Crippen LogP contribution >= 0.6 is 23.8 Å². The summed E-state index contributed by atoms with van der Waals surface area (Å²) in [6.45, 7) is 2.12. The minimum Gasteiger partial charge on any atom is -0.496 e. The number of halogens is 1. The number of carbonyl (C=O) groups excluding carboxylic acids is 1. The first-order chi connectivity index (χ1) is 14.9. The first kappa shape index (κ1) is 22.5. The van der Waals surface area contributed by atoms with E-state index in [4.69, 9.17) is 28.6 Å². The summed E-state index contributed by atoms with van der Waals surface area (Å²) in [6, 6.07) is 11.9. The molecule has 0 unspecified atom stereocenters. The molecule has 0 atom stereocenters. The van der Waals surface area contributed by atoms with Gasteiger partial charge in [-0.1, -0.05) is 23.7 Å². The van der Waals surface area contributed by atoms with Crippen LogP contribution in [0.15, 0.2) is 48.5 Å². The highest BCUT2D eigenvalue weighted by Gasteiger charge is 2.25. The summed E-state index contributed by atoms with van der Waals surface area (Å²) in [5.74, 6) is 0.109. The fourth-order valence-corrected chi connectivity index (χ4v) is 3.58. The molecule has 1 heterocycles. The molecule has 3 rings (SSSR count). The lowest BCUT2D eigenvalue weighted by molar-refractivity contribution is -0.384. The second-order valence-corrected chi connectivity index (χ2v) is 7.59. The molecule has 31 heavy (non-hydrogen) atoms. The van der Waals surface area contributed by atoms with Gasteiger partial charge in [-0.25, -0.2) is 0 Å². The summed E-state index contributed by atoms with van der Waals surface area (Å²) >= 11 is 11.2. The van der Waals surface area contributed by atoms with E-state index in [1.54, 1.807) is 30.3 Å². The van der Waals surface area contributed by atoms with Crippen molar-refractivity contribution in [2.24, 2.45) is 0 Å². The second-order valence-electron chi connectivity index (χ2n) is 6.77. The van der Waals surface area contributed by atoms with Gasteiger partial charge in [-0.2, -0.15) is 0 Å². The Labute approximate surface area is 190 Å². The molecule has 0 saturated carbocycles. The number of nitro benzene ring substituents is 1. The van der Waals surface area contributed by atoms with Crippen LogP contribution in [0.3, 0.4) is 0 Å². The minimum atomic E-state index is -0.415. The van der Waals surface area contributed by atoms with Gasteiger partial charge < -0.3 is 14.5 Å². The highest BCUT2D eigenvalue weighted by Crippen LogP contribution is 2.32. The van der Waals surface area contributed by atoms with Gasteiger partial charge in [-0.15, -0.1) is 0 Å². The monoisotopic (exact) mass is 460 g/mol. The van der Waals surface area contributed by atoms with Crippen LogP contribution in [0.25, 0.3) is 6.08 Å². The fraction of sp³-hybridized carbons (Fsp3) is 0.238. The van der Waals surface area contributed by atoms with Crippen molar-refractivity contribution in [2.45, 2.75) is 0 Å². The van der Waals surface area contributed by atoms with Crippen LogP contribution in [0.2, 0.25) is 5.02 Å².